The van der Waals surface area contributed by atoms with Crippen LogP contribution < -0.4 is 0 Å². The fraction of sp³-hybridized carbons (Fsp3) is 0.364. The van der Waals surface area contributed by atoms with E-state index in [-0.39, 0.29) is 25.2 Å². The van der Waals surface area contributed by atoms with E-state index in [4.69, 9.17) is 9.47 Å². The standard InChI is InChI=1S/C22H23NO5/c1-13-11-23(20(21(24)25)14(2)28-13)22(26)27-12-19-17-9-5-3-7-15(17)16-8-4-6-10-18(16)19/h3-10,13-14,19-20H,11-12H2,1-2H3,(H,24,25). The van der Waals surface area contributed by atoms with Crippen molar-refractivity contribution in [2.45, 2.75) is 38.0 Å². The molecule has 0 aromatic heterocycles. The maximum Gasteiger partial charge on any atom is 0.410 e. The molecule has 1 saturated heterocycles. The van der Waals surface area contributed by atoms with Crippen LogP contribution in [0.4, 0.5) is 4.79 Å². The number of rotatable bonds is 3. The lowest BCUT2D eigenvalue weighted by atomic mass is 9.98. The topological polar surface area (TPSA) is 76.1 Å². The first-order chi connectivity index (χ1) is 13.5. The van der Waals surface area contributed by atoms with Crippen molar-refractivity contribution in [3.8, 4) is 11.1 Å². The predicted molar refractivity (Wildman–Crippen MR) is 103 cm³/mol. The van der Waals surface area contributed by atoms with Gasteiger partial charge in [0.2, 0.25) is 0 Å². The highest BCUT2D eigenvalue weighted by molar-refractivity contribution is 5.81. The highest BCUT2D eigenvalue weighted by Crippen LogP contribution is 2.44. The summed E-state index contributed by atoms with van der Waals surface area (Å²) >= 11 is 0. The lowest BCUT2D eigenvalue weighted by molar-refractivity contribution is -0.159. The minimum absolute atomic E-state index is 0.0597. The second kappa shape index (κ2) is 7.28. The summed E-state index contributed by atoms with van der Waals surface area (Å²) in [5.41, 5.74) is 4.54. The van der Waals surface area contributed by atoms with Crippen LogP contribution in [0.2, 0.25) is 0 Å². The van der Waals surface area contributed by atoms with Gasteiger partial charge >= 0.3 is 12.1 Å². The molecule has 0 saturated carbocycles. The molecule has 2 aromatic carbocycles. The van der Waals surface area contributed by atoms with Crippen molar-refractivity contribution in [1.29, 1.82) is 0 Å². The van der Waals surface area contributed by atoms with E-state index in [2.05, 4.69) is 12.1 Å². The molecule has 4 rings (SSSR count). The summed E-state index contributed by atoms with van der Waals surface area (Å²) < 4.78 is 11.2. The summed E-state index contributed by atoms with van der Waals surface area (Å²) in [5.74, 6) is -1.15. The number of carbonyl (C=O) groups excluding carboxylic acids is 1. The van der Waals surface area contributed by atoms with Crippen LogP contribution in [0.1, 0.15) is 30.9 Å². The number of aliphatic carboxylic acids is 1. The van der Waals surface area contributed by atoms with E-state index in [9.17, 15) is 14.7 Å². The van der Waals surface area contributed by atoms with Gasteiger partial charge < -0.3 is 14.6 Å². The SMILES string of the molecule is CC1CN(C(=O)OCC2c3ccccc3-c3ccccc32)C(C(=O)O)C(C)O1. The maximum absolute atomic E-state index is 12.8. The second-order valence-electron chi connectivity index (χ2n) is 7.39. The van der Waals surface area contributed by atoms with E-state index >= 15 is 0 Å². The molecule has 1 amide bonds. The van der Waals surface area contributed by atoms with Gasteiger partial charge in [-0.25, -0.2) is 9.59 Å². The Hall–Kier alpha value is -2.86. The zero-order valence-corrected chi connectivity index (χ0v) is 15.9. The molecular formula is C22H23NO5. The van der Waals surface area contributed by atoms with E-state index in [1.165, 1.54) is 4.90 Å². The number of benzene rings is 2. The van der Waals surface area contributed by atoms with Gasteiger partial charge in [0.1, 0.15) is 6.61 Å². The van der Waals surface area contributed by atoms with Gasteiger partial charge in [0.15, 0.2) is 6.04 Å². The van der Waals surface area contributed by atoms with Crippen molar-refractivity contribution in [3.05, 3.63) is 59.7 Å². The first kappa shape index (κ1) is 18.5. The molecule has 3 unspecified atom stereocenters. The van der Waals surface area contributed by atoms with Gasteiger partial charge in [0.05, 0.1) is 18.8 Å². The van der Waals surface area contributed by atoms with Gasteiger partial charge in [0, 0.05) is 5.92 Å². The Morgan fingerprint density at radius 3 is 2.21 bits per heavy atom. The number of ether oxygens (including phenoxy) is 2. The number of fused-ring (bicyclic) bond motifs is 3. The predicted octanol–water partition coefficient (Wildman–Crippen LogP) is 3.50. The molecule has 0 radical (unpaired) electrons. The molecule has 1 heterocycles. The normalized spacial score (nSPS) is 23.8. The maximum atomic E-state index is 12.8. The van der Waals surface area contributed by atoms with Crippen LogP contribution in [-0.4, -0.2) is 53.5 Å². The second-order valence-corrected chi connectivity index (χ2v) is 7.39. The number of nitrogens with zero attached hydrogens (tertiary/aromatic N) is 1. The first-order valence-corrected chi connectivity index (χ1v) is 9.47. The summed E-state index contributed by atoms with van der Waals surface area (Å²) in [4.78, 5) is 25.7. The van der Waals surface area contributed by atoms with Crippen LogP contribution in [0.5, 0.6) is 0 Å². The fourth-order valence-corrected chi connectivity index (χ4v) is 4.33. The third-order valence-corrected chi connectivity index (χ3v) is 5.50. The zero-order valence-electron chi connectivity index (χ0n) is 15.9. The van der Waals surface area contributed by atoms with Gasteiger partial charge in [-0.05, 0) is 36.1 Å². The van der Waals surface area contributed by atoms with E-state index in [1.807, 2.05) is 43.3 Å². The number of amides is 1. The number of morpholine rings is 1. The smallest absolute Gasteiger partial charge is 0.410 e. The van der Waals surface area contributed by atoms with E-state index in [0.29, 0.717) is 0 Å². The van der Waals surface area contributed by atoms with Crippen LogP contribution in [-0.2, 0) is 14.3 Å². The van der Waals surface area contributed by atoms with Crippen molar-refractivity contribution in [3.63, 3.8) is 0 Å². The summed E-state index contributed by atoms with van der Waals surface area (Å²) in [6.07, 6.45) is -1.45. The highest BCUT2D eigenvalue weighted by Gasteiger charge is 2.41. The highest BCUT2D eigenvalue weighted by atomic mass is 16.6. The Morgan fingerprint density at radius 2 is 1.64 bits per heavy atom. The van der Waals surface area contributed by atoms with Gasteiger partial charge in [-0.3, -0.25) is 4.90 Å². The van der Waals surface area contributed by atoms with Gasteiger partial charge in [-0.1, -0.05) is 48.5 Å². The van der Waals surface area contributed by atoms with Crippen molar-refractivity contribution in [2.24, 2.45) is 0 Å². The van der Waals surface area contributed by atoms with Crippen molar-refractivity contribution in [2.75, 3.05) is 13.2 Å². The average Bonchev–Trinajstić information content (AvgIpc) is 2.99. The van der Waals surface area contributed by atoms with E-state index in [1.54, 1.807) is 6.92 Å². The van der Waals surface area contributed by atoms with Gasteiger partial charge in [0.25, 0.3) is 0 Å². The Kier molecular flexibility index (Phi) is 4.81. The average molecular weight is 381 g/mol. The molecular weight excluding hydrogens is 358 g/mol. The molecule has 2 aliphatic rings. The molecule has 0 bridgehead atoms. The van der Waals surface area contributed by atoms with Crippen molar-refractivity contribution >= 4 is 12.1 Å². The zero-order chi connectivity index (χ0) is 19.8. The Morgan fingerprint density at radius 1 is 1.07 bits per heavy atom. The van der Waals surface area contributed by atoms with Gasteiger partial charge in [-0.2, -0.15) is 0 Å². The third kappa shape index (κ3) is 3.14. The molecule has 0 spiro atoms. The lowest BCUT2D eigenvalue weighted by Crippen LogP contribution is -2.59. The Balaban J connectivity index is 1.54. The molecule has 1 aliphatic heterocycles. The van der Waals surface area contributed by atoms with Gasteiger partial charge in [-0.15, -0.1) is 0 Å². The number of hydrogen-bond donors (Lipinski definition) is 1. The van der Waals surface area contributed by atoms with Crippen molar-refractivity contribution in [1.82, 2.24) is 4.90 Å². The minimum atomic E-state index is -1.09. The van der Waals surface area contributed by atoms with Crippen molar-refractivity contribution < 1.29 is 24.2 Å². The van der Waals surface area contributed by atoms with E-state index in [0.717, 1.165) is 22.3 Å². The molecule has 1 N–H and O–H groups in total. The summed E-state index contributed by atoms with van der Waals surface area (Å²) in [5, 5.41) is 9.52. The molecule has 2 aromatic rings. The molecule has 1 fully saturated rings. The monoisotopic (exact) mass is 381 g/mol. The summed E-state index contributed by atoms with van der Waals surface area (Å²) in [6.45, 7) is 3.84. The quantitative estimate of drug-likeness (QED) is 0.881. The Labute approximate surface area is 163 Å². The fourth-order valence-electron chi connectivity index (χ4n) is 4.33. The third-order valence-electron chi connectivity index (χ3n) is 5.50. The summed E-state index contributed by atoms with van der Waals surface area (Å²) in [7, 11) is 0. The number of hydrogen-bond acceptors (Lipinski definition) is 4. The van der Waals surface area contributed by atoms with Crippen LogP contribution >= 0.6 is 0 Å². The van der Waals surface area contributed by atoms with Crippen LogP contribution in [0.3, 0.4) is 0 Å². The Bertz CT molecular complexity index is 866. The number of carboxylic acid groups (broad SMARTS) is 1. The molecule has 6 nitrogen and oxygen atoms in total. The number of carboxylic acids is 1. The lowest BCUT2D eigenvalue weighted by Gasteiger charge is -2.39. The first-order valence-electron chi connectivity index (χ1n) is 9.47. The van der Waals surface area contributed by atoms with E-state index < -0.39 is 24.2 Å². The molecule has 28 heavy (non-hydrogen) atoms. The van der Waals surface area contributed by atoms with Crippen LogP contribution in [0.25, 0.3) is 11.1 Å². The molecule has 146 valence electrons. The molecule has 3 atom stereocenters. The summed E-state index contributed by atoms with van der Waals surface area (Å²) in [6, 6.07) is 15.1. The molecule has 6 heteroatoms. The molecule has 1 aliphatic carbocycles. The minimum Gasteiger partial charge on any atom is -0.480 e. The largest absolute Gasteiger partial charge is 0.480 e. The van der Waals surface area contributed by atoms with Crippen LogP contribution in [0.15, 0.2) is 48.5 Å². The van der Waals surface area contributed by atoms with Crippen LogP contribution in [0, 0.1) is 0 Å². The number of carbonyl (C=O) groups is 2.